The third kappa shape index (κ3) is 4.26. The van der Waals surface area contributed by atoms with Crippen molar-refractivity contribution in [3.63, 3.8) is 0 Å². The van der Waals surface area contributed by atoms with Crippen LogP contribution in [0.25, 0.3) is 0 Å². The van der Waals surface area contributed by atoms with Gasteiger partial charge in [0.15, 0.2) is 0 Å². The molecule has 2 aromatic carbocycles. The molecule has 4 nitrogen and oxygen atoms in total. The van der Waals surface area contributed by atoms with Gasteiger partial charge in [0.05, 0.1) is 23.1 Å². The molecule has 2 aromatic rings. The fourth-order valence-corrected chi connectivity index (χ4v) is 2.90. The van der Waals surface area contributed by atoms with E-state index in [0.717, 1.165) is 12.1 Å². The van der Waals surface area contributed by atoms with Crippen molar-refractivity contribution in [3.05, 3.63) is 65.2 Å². The van der Waals surface area contributed by atoms with Crippen molar-refractivity contribution in [3.8, 4) is 6.07 Å². The van der Waals surface area contributed by atoms with E-state index < -0.39 is 21.7 Å². The lowest BCUT2D eigenvalue weighted by molar-refractivity contribution is 0.584. The Morgan fingerprint density at radius 1 is 1.05 bits per heavy atom. The third-order valence-corrected chi connectivity index (χ3v) is 3.84. The first-order valence-electron chi connectivity index (χ1n) is 5.83. The van der Waals surface area contributed by atoms with Crippen LogP contribution in [0.1, 0.15) is 11.1 Å². The molecule has 7 heteroatoms. The molecule has 0 saturated heterocycles. The maximum Gasteiger partial charge on any atom is 0.236 e. The summed E-state index contributed by atoms with van der Waals surface area (Å²) in [6.45, 7) is 0. The molecule has 0 bridgehead atoms. The van der Waals surface area contributed by atoms with Crippen molar-refractivity contribution in [2.75, 3.05) is 4.72 Å². The van der Waals surface area contributed by atoms with Gasteiger partial charge in [0.1, 0.15) is 11.6 Å². The molecule has 2 rings (SSSR count). The van der Waals surface area contributed by atoms with E-state index in [1.165, 1.54) is 24.3 Å². The van der Waals surface area contributed by atoms with Gasteiger partial charge in [0.2, 0.25) is 10.0 Å². The number of hydrogen-bond acceptors (Lipinski definition) is 3. The van der Waals surface area contributed by atoms with E-state index in [0.29, 0.717) is 17.2 Å². The molecule has 21 heavy (non-hydrogen) atoms. The van der Waals surface area contributed by atoms with Crippen molar-refractivity contribution in [2.45, 2.75) is 5.75 Å². The number of hydrogen-bond donors (Lipinski definition) is 1. The van der Waals surface area contributed by atoms with Crippen molar-refractivity contribution in [1.82, 2.24) is 0 Å². The molecule has 1 N–H and O–H groups in total. The summed E-state index contributed by atoms with van der Waals surface area (Å²) >= 11 is 0. The lowest BCUT2D eigenvalue weighted by Gasteiger charge is -2.08. The number of nitriles is 1. The van der Waals surface area contributed by atoms with E-state index in [-0.39, 0.29) is 11.4 Å². The van der Waals surface area contributed by atoms with Crippen LogP contribution in [0.4, 0.5) is 14.5 Å². The predicted octanol–water partition coefficient (Wildman–Crippen LogP) is 2.78. The van der Waals surface area contributed by atoms with Gasteiger partial charge >= 0.3 is 0 Å². The lowest BCUT2D eigenvalue weighted by atomic mass is 10.2. The van der Waals surface area contributed by atoms with Crippen LogP contribution in [0.5, 0.6) is 0 Å². The summed E-state index contributed by atoms with van der Waals surface area (Å²) < 4.78 is 52.0. The molecule has 0 radical (unpaired) electrons. The largest absolute Gasteiger partial charge is 0.283 e. The SMILES string of the molecule is N#Cc1ccc(CS(=O)(=O)Nc2cc(F)cc(F)c2)cc1. The second-order valence-electron chi connectivity index (χ2n) is 4.33. The van der Waals surface area contributed by atoms with Gasteiger partial charge in [0, 0.05) is 6.07 Å². The van der Waals surface area contributed by atoms with Crippen molar-refractivity contribution < 1.29 is 17.2 Å². The Bertz CT molecular complexity index is 776. The quantitative estimate of drug-likeness (QED) is 0.944. The molecule has 0 spiro atoms. The summed E-state index contributed by atoms with van der Waals surface area (Å²) in [4.78, 5) is 0. The summed E-state index contributed by atoms with van der Waals surface area (Å²) in [6.07, 6.45) is 0. The summed E-state index contributed by atoms with van der Waals surface area (Å²) in [7, 11) is -3.81. The third-order valence-electron chi connectivity index (χ3n) is 2.58. The topological polar surface area (TPSA) is 70.0 Å². The smallest absolute Gasteiger partial charge is 0.236 e. The number of anilines is 1. The highest BCUT2D eigenvalue weighted by Gasteiger charge is 2.13. The van der Waals surface area contributed by atoms with Crippen LogP contribution in [0.3, 0.4) is 0 Å². The zero-order chi connectivity index (χ0) is 15.5. The van der Waals surface area contributed by atoms with Crippen LogP contribution in [-0.2, 0) is 15.8 Å². The van der Waals surface area contributed by atoms with Gasteiger partial charge in [-0.3, -0.25) is 4.72 Å². The minimum absolute atomic E-state index is 0.179. The molecular weight excluding hydrogens is 298 g/mol. The Hall–Kier alpha value is -2.46. The van der Waals surface area contributed by atoms with E-state index >= 15 is 0 Å². The van der Waals surface area contributed by atoms with Gasteiger partial charge < -0.3 is 0 Å². The zero-order valence-electron chi connectivity index (χ0n) is 10.7. The van der Waals surface area contributed by atoms with E-state index in [1.807, 2.05) is 6.07 Å². The average Bonchev–Trinajstić information content (AvgIpc) is 2.37. The van der Waals surface area contributed by atoms with Crippen LogP contribution in [0, 0.1) is 23.0 Å². The molecule has 0 amide bonds. The number of sulfonamides is 1. The van der Waals surface area contributed by atoms with E-state index in [2.05, 4.69) is 4.72 Å². The Labute approximate surface area is 120 Å². The van der Waals surface area contributed by atoms with Crippen molar-refractivity contribution in [1.29, 1.82) is 5.26 Å². The van der Waals surface area contributed by atoms with Gasteiger partial charge in [-0.15, -0.1) is 0 Å². The van der Waals surface area contributed by atoms with E-state index in [9.17, 15) is 17.2 Å². The first kappa shape index (κ1) is 14.9. The van der Waals surface area contributed by atoms with Crippen molar-refractivity contribution in [2.24, 2.45) is 0 Å². The second kappa shape index (κ2) is 5.89. The first-order valence-corrected chi connectivity index (χ1v) is 7.49. The normalized spacial score (nSPS) is 10.9. The zero-order valence-corrected chi connectivity index (χ0v) is 11.5. The van der Waals surface area contributed by atoms with Gasteiger partial charge in [-0.25, -0.2) is 17.2 Å². The molecule has 0 heterocycles. The predicted molar refractivity (Wildman–Crippen MR) is 73.8 cm³/mol. The van der Waals surface area contributed by atoms with Crippen LogP contribution in [0.15, 0.2) is 42.5 Å². The molecule has 0 aliphatic heterocycles. The number of nitrogens with one attached hydrogen (secondary N) is 1. The molecule has 0 aliphatic carbocycles. The fraction of sp³-hybridized carbons (Fsp3) is 0.0714. The van der Waals surface area contributed by atoms with Gasteiger partial charge in [-0.05, 0) is 29.8 Å². The minimum atomic E-state index is -3.81. The van der Waals surface area contributed by atoms with Crippen LogP contribution in [-0.4, -0.2) is 8.42 Å². The maximum absolute atomic E-state index is 13.0. The summed E-state index contributed by atoms with van der Waals surface area (Å²) in [6, 6.07) is 10.3. The minimum Gasteiger partial charge on any atom is -0.283 e. The Kier molecular flexibility index (Phi) is 4.19. The Balaban J connectivity index is 2.16. The number of rotatable bonds is 4. The van der Waals surface area contributed by atoms with E-state index in [4.69, 9.17) is 5.26 Å². The highest BCUT2D eigenvalue weighted by atomic mass is 32.2. The second-order valence-corrected chi connectivity index (χ2v) is 6.05. The monoisotopic (exact) mass is 308 g/mol. The fourth-order valence-electron chi connectivity index (χ4n) is 1.72. The molecule has 0 saturated carbocycles. The first-order chi connectivity index (χ1) is 9.88. The molecule has 0 aliphatic rings. The summed E-state index contributed by atoms with van der Waals surface area (Å²) in [5, 5.41) is 8.66. The maximum atomic E-state index is 13.0. The number of halogens is 2. The molecule has 0 aromatic heterocycles. The van der Waals surface area contributed by atoms with Gasteiger partial charge in [0.25, 0.3) is 0 Å². The van der Waals surface area contributed by atoms with Crippen LogP contribution < -0.4 is 4.72 Å². The molecule has 0 atom stereocenters. The van der Waals surface area contributed by atoms with Crippen molar-refractivity contribution >= 4 is 15.7 Å². The van der Waals surface area contributed by atoms with E-state index in [1.54, 1.807) is 0 Å². The van der Waals surface area contributed by atoms with Crippen LogP contribution >= 0.6 is 0 Å². The highest BCUT2D eigenvalue weighted by molar-refractivity contribution is 7.91. The molecular formula is C14H10F2N2O2S. The summed E-state index contributed by atoms with van der Waals surface area (Å²) in [5.41, 5.74) is 0.691. The van der Waals surface area contributed by atoms with Crippen LogP contribution in [0.2, 0.25) is 0 Å². The molecule has 0 unspecified atom stereocenters. The Morgan fingerprint density at radius 3 is 2.14 bits per heavy atom. The Morgan fingerprint density at radius 2 is 1.62 bits per heavy atom. The van der Waals surface area contributed by atoms with Gasteiger partial charge in [-0.2, -0.15) is 5.26 Å². The standard InChI is InChI=1S/C14H10F2N2O2S/c15-12-5-13(16)7-14(6-12)18-21(19,20)9-11-3-1-10(8-17)2-4-11/h1-7,18H,9H2. The number of benzene rings is 2. The van der Waals surface area contributed by atoms with Gasteiger partial charge in [-0.1, -0.05) is 12.1 Å². The number of nitrogens with zero attached hydrogens (tertiary/aromatic N) is 1. The highest BCUT2D eigenvalue weighted by Crippen LogP contribution is 2.16. The lowest BCUT2D eigenvalue weighted by Crippen LogP contribution is -2.15. The summed E-state index contributed by atoms with van der Waals surface area (Å²) in [5.74, 6) is -2.10. The molecule has 0 fully saturated rings. The average molecular weight is 308 g/mol. The molecule has 108 valence electrons.